The van der Waals surface area contributed by atoms with Gasteiger partial charge < -0.3 is 5.73 Å². The molecule has 0 fully saturated rings. The Morgan fingerprint density at radius 3 is 2.36 bits per heavy atom. The van der Waals surface area contributed by atoms with Gasteiger partial charge in [-0.3, -0.25) is 0 Å². The van der Waals surface area contributed by atoms with E-state index in [2.05, 4.69) is 6.07 Å². The summed E-state index contributed by atoms with van der Waals surface area (Å²) >= 11 is 0. The number of fused-ring (bicyclic) bond motifs is 3. The lowest BCUT2D eigenvalue weighted by atomic mass is 9.85. The molecule has 2 N–H and O–H groups in total. The second kappa shape index (κ2) is 3.01. The van der Waals surface area contributed by atoms with E-state index in [0.717, 1.165) is 5.69 Å². The van der Waals surface area contributed by atoms with E-state index in [1.807, 2.05) is 0 Å². The SMILES string of the molecule is Nc1cc2c(c3c1CCCC3)CCC2. The number of anilines is 1. The van der Waals surface area contributed by atoms with Crippen LogP contribution in [0, 0.1) is 0 Å². The quantitative estimate of drug-likeness (QED) is 0.621. The molecule has 0 aromatic heterocycles. The van der Waals surface area contributed by atoms with Crippen LogP contribution in [-0.2, 0) is 25.7 Å². The van der Waals surface area contributed by atoms with Gasteiger partial charge in [-0.2, -0.15) is 0 Å². The van der Waals surface area contributed by atoms with Crippen molar-refractivity contribution in [1.29, 1.82) is 0 Å². The summed E-state index contributed by atoms with van der Waals surface area (Å²) in [7, 11) is 0. The monoisotopic (exact) mass is 187 g/mol. The molecule has 0 saturated heterocycles. The van der Waals surface area contributed by atoms with Gasteiger partial charge in [0.15, 0.2) is 0 Å². The van der Waals surface area contributed by atoms with Crippen LogP contribution in [0.1, 0.15) is 41.5 Å². The molecule has 0 radical (unpaired) electrons. The molecule has 1 heteroatoms. The van der Waals surface area contributed by atoms with Crippen molar-refractivity contribution in [3.8, 4) is 0 Å². The van der Waals surface area contributed by atoms with Crippen LogP contribution in [0.25, 0.3) is 0 Å². The number of aryl methyl sites for hydroxylation is 1. The fourth-order valence-electron chi connectivity index (χ4n) is 3.10. The molecule has 0 aliphatic heterocycles. The van der Waals surface area contributed by atoms with E-state index in [0.29, 0.717) is 0 Å². The zero-order chi connectivity index (χ0) is 9.54. The summed E-state index contributed by atoms with van der Waals surface area (Å²) in [4.78, 5) is 0. The Morgan fingerprint density at radius 1 is 0.786 bits per heavy atom. The summed E-state index contributed by atoms with van der Waals surface area (Å²) in [6.07, 6.45) is 9.09. The lowest BCUT2D eigenvalue weighted by molar-refractivity contribution is 0.681. The van der Waals surface area contributed by atoms with Gasteiger partial charge in [0, 0.05) is 5.69 Å². The van der Waals surface area contributed by atoms with Crippen molar-refractivity contribution < 1.29 is 0 Å². The molecule has 3 rings (SSSR count). The molecule has 74 valence electrons. The first kappa shape index (κ1) is 8.34. The number of nitrogen functional groups attached to an aromatic ring is 1. The highest BCUT2D eigenvalue weighted by molar-refractivity contribution is 5.59. The zero-order valence-corrected chi connectivity index (χ0v) is 8.60. The summed E-state index contributed by atoms with van der Waals surface area (Å²) in [5, 5.41) is 0. The standard InChI is InChI=1S/C13H17N/c14-13-8-9-4-3-7-10(9)11-5-1-2-6-12(11)13/h8H,1-7,14H2. The second-order valence-electron chi connectivity index (χ2n) is 4.62. The molecule has 0 amide bonds. The van der Waals surface area contributed by atoms with E-state index in [1.165, 1.54) is 50.5 Å². The first-order chi connectivity index (χ1) is 6.86. The molecule has 0 unspecified atom stereocenters. The molecule has 1 nitrogen and oxygen atoms in total. The summed E-state index contributed by atoms with van der Waals surface area (Å²) in [5.41, 5.74) is 13.5. The van der Waals surface area contributed by atoms with E-state index >= 15 is 0 Å². The Bertz CT molecular complexity index is 376. The third-order valence-electron chi connectivity index (χ3n) is 3.77. The first-order valence-corrected chi connectivity index (χ1v) is 5.78. The van der Waals surface area contributed by atoms with Gasteiger partial charge in [-0.15, -0.1) is 0 Å². The Morgan fingerprint density at radius 2 is 1.50 bits per heavy atom. The molecule has 0 spiro atoms. The number of benzene rings is 1. The van der Waals surface area contributed by atoms with Gasteiger partial charge in [-0.05, 0) is 73.3 Å². The third kappa shape index (κ3) is 1.08. The van der Waals surface area contributed by atoms with Gasteiger partial charge in [0.2, 0.25) is 0 Å². The van der Waals surface area contributed by atoms with Gasteiger partial charge in [-0.1, -0.05) is 0 Å². The fourth-order valence-corrected chi connectivity index (χ4v) is 3.10. The minimum absolute atomic E-state index is 1.07. The minimum atomic E-state index is 1.07. The average molecular weight is 187 g/mol. The molecule has 1 aromatic rings. The van der Waals surface area contributed by atoms with Crippen molar-refractivity contribution in [3.63, 3.8) is 0 Å². The predicted molar refractivity (Wildman–Crippen MR) is 59.5 cm³/mol. The Hall–Kier alpha value is -0.980. The molecular formula is C13H17N. The highest BCUT2D eigenvalue weighted by Gasteiger charge is 2.21. The van der Waals surface area contributed by atoms with Gasteiger partial charge >= 0.3 is 0 Å². The molecule has 0 heterocycles. The van der Waals surface area contributed by atoms with Gasteiger partial charge in [0.1, 0.15) is 0 Å². The van der Waals surface area contributed by atoms with Crippen molar-refractivity contribution in [2.75, 3.05) is 5.73 Å². The molecule has 2 aliphatic rings. The van der Waals surface area contributed by atoms with Crippen LogP contribution in [0.2, 0.25) is 0 Å². The summed E-state index contributed by atoms with van der Waals surface area (Å²) in [6, 6.07) is 2.24. The van der Waals surface area contributed by atoms with Crippen molar-refractivity contribution >= 4 is 5.69 Å². The van der Waals surface area contributed by atoms with Gasteiger partial charge in [0.05, 0.1) is 0 Å². The van der Waals surface area contributed by atoms with Crippen molar-refractivity contribution in [2.24, 2.45) is 0 Å². The zero-order valence-electron chi connectivity index (χ0n) is 8.60. The van der Waals surface area contributed by atoms with Gasteiger partial charge in [-0.25, -0.2) is 0 Å². The van der Waals surface area contributed by atoms with Crippen LogP contribution in [-0.4, -0.2) is 0 Å². The highest BCUT2D eigenvalue weighted by Crippen LogP contribution is 2.35. The maximum Gasteiger partial charge on any atom is 0.0352 e. The van der Waals surface area contributed by atoms with Crippen LogP contribution in [0.3, 0.4) is 0 Å². The van der Waals surface area contributed by atoms with Crippen molar-refractivity contribution in [1.82, 2.24) is 0 Å². The lowest BCUT2D eigenvalue weighted by Crippen LogP contribution is -2.09. The number of hydrogen-bond donors (Lipinski definition) is 1. The molecule has 0 saturated carbocycles. The van der Waals surface area contributed by atoms with Gasteiger partial charge in [0.25, 0.3) is 0 Å². The van der Waals surface area contributed by atoms with E-state index in [1.54, 1.807) is 16.7 Å². The third-order valence-corrected chi connectivity index (χ3v) is 3.77. The van der Waals surface area contributed by atoms with E-state index in [-0.39, 0.29) is 0 Å². The lowest BCUT2D eigenvalue weighted by Gasteiger charge is -2.21. The smallest absolute Gasteiger partial charge is 0.0352 e. The summed E-state index contributed by atoms with van der Waals surface area (Å²) in [5.74, 6) is 0. The first-order valence-electron chi connectivity index (χ1n) is 5.78. The van der Waals surface area contributed by atoms with E-state index < -0.39 is 0 Å². The Kier molecular flexibility index (Phi) is 1.79. The van der Waals surface area contributed by atoms with Crippen LogP contribution < -0.4 is 5.73 Å². The normalized spacial score (nSPS) is 19.1. The molecule has 2 aliphatic carbocycles. The van der Waals surface area contributed by atoms with Crippen molar-refractivity contribution in [3.05, 3.63) is 28.3 Å². The van der Waals surface area contributed by atoms with Crippen LogP contribution >= 0.6 is 0 Å². The number of rotatable bonds is 0. The molecule has 0 atom stereocenters. The highest BCUT2D eigenvalue weighted by atomic mass is 14.6. The van der Waals surface area contributed by atoms with Crippen molar-refractivity contribution in [2.45, 2.75) is 44.9 Å². The Labute approximate surface area is 85.3 Å². The topological polar surface area (TPSA) is 26.0 Å². The maximum absolute atomic E-state index is 6.11. The Balaban J connectivity index is 2.22. The number of nitrogens with two attached hydrogens (primary N) is 1. The van der Waals surface area contributed by atoms with Crippen LogP contribution in [0.4, 0.5) is 5.69 Å². The fraction of sp³-hybridized carbons (Fsp3) is 0.538. The predicted octanol–water partition coefficient (Wildman–Crippen LogP) is 2.64. The molecule has 0 bridgehead atoms. The second-order valence-corrected chi connectivity index (χ2v) is 4.62. The average Bonchev–Trinajstić information content (AvgIpc) is 2.66. The maximum atomic E-state index is 6.11. The van der Waals surface area contributed by atoms with E-state index in [9.17, 15) is 0 Å². The minimum Gasteiger partial charge on any atom is -0.398 e. The molecule has 14 heavy (non-hydrogen) atoms. The van der Waals surface area contributed by atoms with E-state index in [4.69, 9.17) is 5.73 Å². The van der Waals surface area contributed by atoms with Crippen LogP contribution in [0.5, 0.6) is 0 Å². The largest absolute Gasteiger partial charge is 0.398 e. The van der Waals surface area contributed by atoms with Crippen LogP contribution in [0.15, 0.2) is 6.07 Å². The summed E-state index contributed by atoms with van der Waals surface area (Å²) < 4.78 is 0. The molecule has 1 aromatic carbocycles. The summed E-state index contributed by atoms with van der Waals surface area (Å²) in [6.45, 7) is 0. The number of hydrogen-bond acceptors (Lipinski definition) is 1. The molecular weight excluding hydrogens is 170 g/mol.